The van der Waals surface area contributed by atoms with Gasteiger partial charge in [-0.3, -0.25) is 4.79 Å². The topological polar surface area (TPSA) is 56.0 Å². The molecule has 0 atom stereocenters. The maximum atomic E-state index is 12.1. The first-order valence-electron chi connectivity index (χ1n) is 5.15. The van der Waals surface area contributed by atoms with Gasteiger partial charge in [0, 0.05) is 15.6 Å². The molecule has 0 aliphatic rings. The fourth-order valence-corrected chi connectivity index (χ4v) is 1.89. The Morgan fingerprint density at radius 2 is 1.80 bits per heavy atom. The van der Waals surface area contributed by atoms with Crippen molar-refractivity contribution in [2.45, 2.75) is 12.6 Å². The number of alkyl halides is 3. The SMILES string of the molecule is O=C(Cc1nc(-c2cc(Cl)cc(Cl)c2)no1)C(F)(F)F. The Morgan fingerprint density at radius 1 is 1.20 bits per heavy atom. The number of benzene rings is 1. The highest BCUT2D eigenvalue weighted by Crippen LogP contribution is 2.26. The zero-order valence-electron chi connectivity index (χ0n) is 9.54. The number of hydrogen-bond donors (Lipinski definition) is 0. The largest absolute Gasteiger partial charge is 0.450 e. The Hall–Kier alpha value is -1.60. The molecule has 1 aromatic carbocycles. The van der Waals surface area contributed by atoms with E-state index in [1.807, 2.05) is 0 Å². The van der Waals surface area contributed by atoms with Gasteiger partial charge in [-0.15, -0.1) is 0 Å². The molecule has 1 heterocycles. The van der Waals surface area contributed by atoms with Gasteiger partial charge in [0.1, 0.15) is 0 Å². The predicted molar refractivity (Wildman–Crippen MR) is 64.5 cm³/mol. The Labute approximate surface area is 120 Å². The second-order valence-corrected chi connectivity index (χ2v) is 4.64. The molecule has 2 rings (SSSR count). The van der Waals surface area contributed by atoms with Crippen LogP contribution in [0.2, 0.25) is 10.0 Å². The second-order valence-electron chi connectivity index (χ2n) is 3.77. The zero-order chi connectivity index (χ0) is 14.9. The number of carbonyl (C=O) groups is 1. The lowest BCUT2D eigenvalue weighted by Gasteiger charge is -2.00. The summed E-state index contributed by atoms with van der Waals surface area (Å²) in [6.07, 6.45) is -5.95. The molecule has 0 aliphatic heterocycles. The average molecular weight is 325 g/mol. The molecule has 0 N–H and O–H groups in total. The van der Waals surface area contributed by atoms with E-state index >= 15 is 0 Å². The number of nitrogens with zero attached hydrogens (tertiary/aromatic N) is 2. The summed E-state index contributed by atoms with van der Waals surface area (Å²) in [5.41, 5.74) is 0.372. The molecule has 0 fully saturated rings. The van der Waals surface area contributed by atoms with E-state index in [4.69, 9.17) is 23.2 Å². The van der Waals surface area contributed by atoms with E-state index in [-0.39, 0.29) is 5.82 Å². The van der Waals surface area contributed by atoms with Gasteiger partial charge in [-0.2, -0.15) is 18.2 Å². The molecule has 106 valence electrons. The van der Waals surface area contributed by atoms with Crippen LogP contribution in [-0.2, 0) is 11.2 Å². The summed E-state index contributed by atoms with van der Waals surface area (Å²) in [5, 5.41) is 4.10. The number of aromatic nitrogens is 2. The van der Waals surface area contributed by atoms with Crippen LogP contribution in [0.1, 0.15) is 5.89 Å². The van der Waals surface area contributed by atoms with Crippen molar-refractivity contribution in [3.63, 3.8) is 0 Å². The summed E-state index contributed by atoms with van der Waals surface area (Å²) in [6.45, 7) is 0. The molecule has 1 aromatic heterocycles. The van der Waals surface area contributed by atoms with Crippen LogP contribution >= 0.6 is 23.2 Å². The molecule has 0 amide bonds. The first-order valence-corrected chi connectivity index (χ1v) is 5.90. The van der Waals surface area contributed by atoms with Gasteiger partial charge in [0.15, 0.2) is 0 Å². The average Bonchev–Trinajstić information content (AvgIpc) is 2.75. The Bertz CT molecular complexity index is 635. The molecule has 0 spiro atoms. The Kier molecular flexibility index (Phi) is 4.01. The highest BCUT2D eigenvalue weighted by Gasteiger charge is 2.39. The van der Waals surface area contributed by atoms with Gasteiger partial charge in [-0.1, -0.05) is 28.4 Å². The van der Waals surface area contributed by atoms with Gasteiger partial charge >= 0.3 is 6.18 Å². The van der Waals surface area contributed by atoms with Crippen molar-refractivity contribution >= 4 is 29.0 Å². The van der Waals surface area contributed by atoms with Gasteiger partial charge in [0.05, 0.1) is 6.42 Å². The molecule has 0 aliphatic carbocycles. The highest BCUT2D eigenvalue weighted by atomic mass is 35.5. The molecule has 0 unspecified atom stereocenters. The Morgan fingerprint density at radius 3 is 2.35 bits per heavy atom. The van der Waals surface area contributed by atoms with E-state index in [1.165, 1.54) is 18.2 Å². The van der Waals surface area contributed by atoms with Gasteiger partial charge in [0.25, 0.3) is 0 Å². The lowest BCUT2D eigenvalue weighted by Crippen LogP contribution is -2.24. The number of Topliss-reactive ketones (excluding diaryl/α,β-unsaturated/α-hetero) is 1. The standard InChI is InChI=1S/C11H5Cl2F3N2O2/c12-6-1-5(2-7(13)3-6)10-17-9(20-18-10)4-8(19)11(14,15)16/h1-3H,4H2. The van der Waals surface area contributed by atoms with E-state index in [1.54, 1.807) is 0 Å². The summed E-state index contributed by atoms with van der Waals surface area (Å²) in [6, 6.07) is 4.40. The summed E-state index contributed by atoms with van der Waals surface area (Å²) >= 11 is 11.6. The lowest BCUT2D eigenvalue weighted by molar-refractivity contribution is -0.170. The van der Waals surface area contributed by atoms with Crippen LogP contribution in [0.5, 0.6) is 0 Å². The van der Waals surface area contributed by atoms with Crippen molar-refractivity contribution in [3.05, 3.63) is 34.1 Å². The van der Waals surface area contributed by atoms with Crippen LogP contribution in [0.25, 0.3) is 11.4 Å². The highest BCUT2D eigenvalue weighted by molar-refractivity contribution is 6.35. The second kappa shape index (κ2) is 5.41. The van der Waals surface area contributed by atoms with Crippen LogP contribution in [0.3, 0.4) is 0 Å². The van der Waals surface area contributed by atoms with E-state index in [0.717, 1.165) is 0 Å². The van der Waals surface area contributed by atoms with Crippen molar-refractivity contribution in [1.82, 2.24) is 10.1 Å². The maximum Gasteiger partial charge on any atom is 0.450 e. The number of carbonyl (C=O) groups excluding carboxylic acids is 1. The molecule has 2 aromatic rings. The van der Waals surface area contributed by atoms with E-state index in [9.17, 15) is 18.0 Å². The minimum atomic E-state index is -4.94. The van der Waals surface area contributed by atoms with E-state index < -0.39 is 24.3 Å². The van der Waals surface area contributed by atoms with Gasteiger partial charge in [0.2, 0.25) is 17.5 Å². The quantitative estimate of drug-likeness (QED) is 0.863. The maximum absolute atomic E-state index is 12.1. The Balaban J connectivity index is 2.23. The smallest absolute Gasteiger partial charge is 0.338 e. The zero-order valence-corrected chi connectivity index (χ0v) is 11.1. The van der Waals surface area contributed by atoms with Crippen molar-refractivity contribution in [1.29, 1.82) is 0 Å². The first-order chi connectivity index (χ1) is 9.25. The van der Waals surface area contributed by atoms with Crippen LogP contribution < -0.4 is 0 Å². The third-order valence-corrected chi connectivity index (χ3v) is 2.65. The van der Waals surface area contributed by atoms with E-state index in [0.29, 0.717) is 15.6 Å². The number of hydrogen-bond acceptors (Lipinski definition) is 4. The normalized spacial score (nSPS) is 11.7. The number of halogens is 5. The minimum Gasteiger partial charge on any atom is -0.338 e. The number of rotatable bonds is 3. The fraction of sp³-hybridized carbons (Fsp3) is 0.182. The molecule has 0 saturated carbocycles. The molecular weight excluding hydrogens is 320 g/mol. The van der Waals surface area contributed by atoms with Crippen molar-refractivity contribution in [2.24, 2.45) is 0 Å². The first kappa shape index (κ1) is 14.8. The molecule has 20 heavy (non-hydrogen) atoms. The van der Waals surface area contributed by atoms with Crippen LogP contribution in [0.15, 0.2) is 22.7 Å². The summed E-state index contributed by atoms with van der Waals surface area (Å²) in [5.74, 6) is -2.39. The van der Waals surface area contributed by atoms with Crippen molar-refractivity contribution in [3.8, 4) is 11.4 Å². The molecule has 0 bridgehead atoms. The molecule has 9 heteroatoms. The van der Waals surface area contributed by atoms with Crippen molar-refractivity contribution in [2.75, 3.05) is 0 Å². The fourth-order valence-electron chi connectivity index (χ4n) is 1.36. The molecular formula is C11H5Cl2F3N2O2. The minimum absolute atomic E-state index is 0.000579. The summed E-state index contributed by atoms with van der Waals surface area (Å²) in [4.78, 5) is 14.5. The van der Waals surface area contributed by atoms with Gasteiger partial charge in [-0.05, 0) is 18.2 Å². The van der Waals surface area contributed by atoms with Crippen LogP contribution in [-0.4, -0.2) is 22.1 Å². The molecule has 4 nitrogen and oxygen atoms in total. The predicted octanol–water partition coefficient (Wildman–Crippen LogP) is 3.72. The summed E-state index contributed by atoms with van der Waals surface area (Å²) < 4.78 is 40.9. The monoisotopic (exact) mass is 324 g/mol. The van der Waals surface area contributed by atoms with Crippen LogP contribution in [0, 0.1) is 0 Å². The van der Waals surface area contributed by atoms with Gasteiger partial charge < -0.3 is 4.52 Å². The number of ketones is 1. The van der Waals surface area contributed by atoms with E-state index in [2.05, 4.69) is 14.7 Å². The van der Waals surface area contributed by atoms with Crippen molar-refractivity contribution < 1.29 is 22.5 Å². The van der Waals surface area contributed by atoms with Crippen LogP contribution in [0.4, 0.5) is 13.2 Å². The lowest BCUT2D eigenvalue weighted by atomic mass is 10.2. The third kappa shape index (κ3) is 3.49. The molecule has 0 saturated heterocycles. The molecule has 0 radical (unpaired) electrons. The summed E-state index contributed by atoms with van der Waals surface area (Å²) in [7, 11) is 0. The third-order valence-electron chi connectivity index (χ3n) is 2.22. The van der Waals surface area contributed by atoms with Gasteiger partial charge in [-0.25, -0.2) is 0 Å².